The average Bonchev–Trinajstić information content (AvgIpc) is 2.39. The van der Waals surface area contributed by atoms with Gasteiger partial charge < -0.3 is 4.57 Å². The van der Waals surface area contributed by atoms with Crippen molar-refractivity contribution in [3.8, 4) is 6.07 Å². The summed E-state index contributed by atoms with van der Waals surface area (Å²) in [6.45, 7) is 2.60. The van der Waals surface area contributed by atoms with Crippen molar-refractivity contribution in [2.45, 2.75) is 38.1 Å². The van der Waals surface area contributed by atoms with Crippen LogP contribution >= 0.6 is 0 Å². The second kappa shape index (κ2) is 4.24. The van der Waals surface area contributed by atoms with Gasteiger partial charge in [0.15, 0.2) is 0 Å². The summed E-state index contributed by atoms with van der Waals surface area (Å²) in [5.41, 5.74) is 1.09. The van der Waals surface area contributed by atoms with Crippen LogP contribution in [0.2, 0.25) is 0 Å². The Hall–Kier alpha value is -2.08. The zero-order chi connectivity index (χ0) is 13.5. The number of benzene rings is 1. The van der Waals surface area contributed by atoms with Gasteiger partial charge in [-0.15, -0.1) is 0 Å². The molecule has 0 bridgehead atoms. The van der Waals surface area contributed by atoms with Gasteiger partial charge in [-0.05, 0) is 43.7 Å². The molecule has 1 aromatic carbocycles. The minimum atomic E-state index is -0.544. The SMILES string of the molecule is CCn1c(=O)c(C2(C#N)CCC2)cc2ccccc21. The van der Waals surface area contributed by atoms with Crippen molar-refractivity contribution in [2.24, 2.45) is 0 Å². The van der Waals surface area contributed by atoms with Crippen molar-refractivity contribution in [1.82, 2.24) is 4.57 Å². The molecule has 3 heteroatoms. The third-order valence-corrected chi connectivity index (χ3v) is 4.26. The van der Waals surface area contributed by atoms with Crippen LogP contribution in [0.15, 0.2) is 35.1 Å². The van der Waals surface area contributed by atoms with E-state index in [0.29, 0.717) is 12.1 Å². The molecule has 2 aromatic rings. The lowest BCUT2D eigenvalue weighted by Gasteiger charge is -2.35. The first-order valence-electron chi connectivity index (χ1n) is 6.76. The Morgan fingerprint density at radius 3 is 2.68 bits per heavy atom. The maximum Gasteiger partial charge on any atom is 0.255 e. The average molecular weight is 252 g/mol. The molecule has 1 aromatic heterocycles. The maximum absolute atomic E-state index is 12.6. The molecule has 3 rings (SSSR count). The molecule has 0 aliphatic heterocycles. The van der Waals surface area contributed by atoms with Crippen LogP contribution in [0.3, 0.4) is 0 Å². The second-order valence-electron chi connectivity index (χ2n) is 5.21. The molecule has 0 atom stereocenters. The topological polar surface area (TPSA) is 45.8 Å². The number of pyridine rings is 1. The molecule has 96 valence electrons. The van der Waals surface area contributed by atoms with Gasteiger partial charge in [0.2, 0.25) is 0 Å². The van der Waals surface area contributed by atoms with E-state index >= 15 is 0 Å². The standard InChI is InChI=1S/C16H16N2O/c1-2-18-14-7-4-3-6-12(14)10-13(15(18)19)16(11-17)8-5-9-16/h3-4,6-7,10H,2,5,8-9H2,1H3. The monoisotopic (exact) mass is 252 g/mol. The van der Waals surface area contributed by atoms with Gasteiger partial charge >= 0.3 is 0 Å². The van der Waals surface area contributed by atoms with E-state index in [-0.39, 0.29) is 5.56 Å². The second-order valence-corrected chi connectivity index (χ2v) is 5.21. The number of rotatable bonds is 2. The third-order valence-electron chi connectivity index (χ3n) is 4.26. The number of fused-ring (bicyclic) bond motifs is 1. The van der Waals surface area contributed by atoms with Crippen molar-refractivity contribution in [3.63, 3.8) is 0 Å². The lowest BCUT2D eigenvalue weighted by molar-refractivity contribution is 0.320. The largest absolute Gasteiger partial charge is 0.308 e. The summed E-state index contributed by atoms with van der Waals surface area (Å²) in [5.74, 6) is 0. The van der Waals surface area contributed by atoms with Crippen LogP contribution in [0.4, 0.5) is 0 Å². The minimum absolute atomic E-state index is 0.00227. The number of hydrogen-bond acceptors (Lipinski definition) is 2. The van der Waals surface area contributed by atoms with Gasteiger partial charge in [-0.2, -0.15) is 5.26 Å². The Labute approximate surface area is 112 Å². The number of para-hydroxylation sites is 1. The third kappa shape index (κ3) is 1.60. The molecule has 19 heavy (non-hydrogen) atoms. The molecular weight excluding hydrogens is 236 g/mol. The lowest BCUT2D eigenvalue weighted by Crippen LogP contribution is -2.40. The fourth-order valence-electron chi connectivity index (χ4n) is 2.96. The smallest absolute Gasteiger partial charge is 0.255 e. The van der Waals surface area contributed by atoms with Crippen LogP contribution in [0.5, 0.6) is 0 Å². The minimum Gasteiger partial charge on any atom is -0.308 e. The predicted molar refractivity (Wildman–Crippen MR) is 75.0 cm³/mol. The van der Waals surface area contributed by atoms with Gasteiger partial charge in [-0.25, -0.2) is 0 Å². The quantitative estimate of drug-likeness (QED) is 0.824. The normalized spacial score (nSPS) is 16.8. The van der Waals surface area contributed by atoms with E-state index in [2.05, 4.69) is 6.07 Å². The molecule has 0 unspecified atom stereocenters. The molecule has 0 N–H and O–H groups in total. The highest BCUT2D eigenvalue weighted by Crippen LogP contribution is 2.42. The fraction of sp³-hybridized carbons (Fsp3) is 0.375. The highest BCUT2D eigenvalue weighted by atomic mass is 16.1. The Bertz CT molecular complexity index is 732. The summed E-state index contributed by atoms with van der Waals surface area (Å²) in [6, 6.07) is 12.2. The summed E-state index contributed by atoms with van der Waals surface area (Å²) < 4.78 is 1.78. The zero-order valence-corrected chi connectivity index (χ0v) is 11.0. The van der Waals surface area contributed by atoms with E-state index in [4.69, 9.17) is 0 Å². The van der Waals surface area contributed by atoms with E-state index in [9.17, 15) is 10.1 Å². The van der Waals surface area contributed by atoms with Gasteiger partial charge in [0.05, 0.1) is 17.0 Å². The summed E-state index contributed by atoms with van der Waals surface area (Å²) in [4.78, 5) is 12.6. The van der Waals surface area contributed by atoms with Crippen LogP contribution in [-0.2, 0) is 12.0 Å². The molecular formula is C16H16N2O. The molecule has 0 saturated heterocycles. The first kappa shape index (κ1) is 12.0. The summed E-state index contributed by atoms with van der Waals surface area (Å²) in [7, 11) is 0. The van der Waals surface area contributed by atoms with E-state index in [1.807, 2.05) is 37.3 Å². The Kier molecular flexibility index (Phi) is 2.67. The zero-order valence-electron chi connectivity index (χ0n) is 11.0. The van der Waals surface area contributed by atoms with Gasteiger partial charge in [0, 0.05) is 12.1 Å². The van der Waals surface area contributed by atoms with Gasteiger partial charge in [0.25, 0.3) is 5.56 Å². The van der Waals surface area contributed by atoms with Crippen LogP contribution in [0, 0.1) is 11.3 Å². The molecule has 0 amide bonds. The molecule has 1 aliphatic rings. The predicted octanol–water partition coefficient (Wildman–Crippen LogP) is 2.97. The van der Waals surface area contributed by atoms with Crippen molar-refractivity contribution in [2.75, 3.05) is 0 Å². The van der Waals surface area contributed by atoms with E-state index in [1.165, 1.54) is 0 Å². The van der Waals surface area contributed by atoms with Gasteiger partial charge in [-0.1, -0.05) is 18.2 Å². The van der Waals surface area contributed by atoms with Gasteiger partial charge in [-0.3, -0.25) is 4.79 Å². The van der Waals surface area contributed by atoms with Crippen molar-refractivity contribution in [3.05, 3.63) is 46.2 Å². The van der Waals surface area contributed by atoms with Crippen molar-refractivity contribution in [1.29, 1.82) is 5.26 Å². The first-order chi connectivity index (χ1) is 9.22. The van der Waals surface area contributed by atoms with Crippen LogP contribution < -0.4 is 5.56 Å². The van der Waals surface area contributed by atoms with E-state index in [0.717, 1.165) is 30.2 Å². The number of aryl methyl sites for hydroxylation is 1. The first-order valence-corrected chi connectivity index (χ1v) is 6.76. The molecule has 1 saturated carbocycles. The summed E-state index contributed by atoms with van der Waals surface area (Å²) in [5, 5.41) is 10.5. The van der Waals surface area contributed by atoms with E-state index < -0.39 is 5.41 Å². The highest BCUT2D eigenvalue weighted by Gasteiger charge is 2.41. The Morgan fingerprint density at radius 1 is 1.37 bits per heavy atom. The van der Waals surface area contributed by atoms with Crippen LogP contribution in [0.1, 0.15) is 31.7 Å². The Balaban J connectivity index is 2.36. The molecule has 0 radical (unpaired) electrons. The Morgan fingerprint density at radius 2 is 2.11 bits per heavy atom. The lowest BCUT2D eigenvalue weighted by atomic mass is 9.65. The molecule has 1 fully saturated rings. The molecule has 1 heterocycles. The van der Waals surface area contributed by atoms with Gasteiger partial charge in [0.1, 0.15) is 0 Å². The summed E-state index contributed by atoms with van der Waals surface area (Å²) >= 11 is 0. The molecule has 1 aliphatic carbocycles. The number of aromatic nitrogens is 1. The molecule has 0 spiro atoms. The number of nitriles is 1. The van der Waals surface area contributed by atoms with E-state index in [1.54, 1.807) is 4.57 Å². The number of nitrogens with zero attached hydrogens (tertiary/aromatic N) is 2. The number of hydrogen-bond donors (Lipinski definition) is 0. The molecule has 3 nitrogen and oxygen atoms in total. The van der Waals surface area contributed by atoms with Crippen molar-refractivity contribution < 1.29 is 0 Å². The van der Waals surface area contributed by atoms with Crippen LogP contribution in [-0.4, -0.2) is 4.57 Å². The maximum atomic E-state index is 12.6. The van der Waals surface area contributed by atoms with Crippen molar-refractivity contribution >= 4 is 10.9 Å². The highest BCUT2D eigenvalue weighted by molar-refractivity contribution is 5.80. The summed E-state index contributed by atoms with van der Waals surface area (Å²) in [6.07, 6.45) is 2.65. The van der Waals surface area contributed by atoms with Crippen LogP contribution in [0.25, 0.3) is 10.9 Å². The fourth-order valence-corrected chi connectivity index (χ4v) is 2.96.